The van der Waals surface area contributed by atoms with Crippen LogP contribution in [-0.4, -0.2) is 92.1 Å². The third-order valence-electron chi connectivity index (χ3n) is 6.24. The van der Waals surface area contributed by atoms with E-state index < -0.39 is 0 Å². The highest BCUT2D eigenvalue weighted by atomic mass is 16.5. The first-order valence-corrected chi connectivity index (χ1v) is 12.1. The average molecular weight is 446 g/mol. The molecular formula is C25H39N3O4. The third kappa shape index (κ3) is 6.69. The first-order chi connectivity index (χ1) is 15.5. The maximum absolute atomic E-state index is 13.3. The Morgan fingerprint density at radius 2 is 1.72 bits per heavy atom. The number of carbonyl (C=O) groups is 2. The monoisotopic (exact) mass is 445 g/mol. The van der Waals surface area contributed by atoms with E-state index in [2.05, 4.69) is 0 Å². The zero-order chi connectivity index (χ0) is 22.9. The molecule has 1 aromatic rings. The Kier molecular flexibility index (Phi) is 9.36. The largest absolute Gasteiger partial charge is 0.485 e. The van der Waals surface area contributed by atoms with Gasteiger partial charge >= 0.3 is 0 Å². The second kappa shape index (κ2) is 12.2. The summed E-state index contributed by atoms with van der Waals surface area (Å²) in [6.07, 6.45) is 6.20. The Bertz CT molecular complexity index is 754. The van der Waals surface area contributed by atoms with Crippen LogP contribution in [0.15, 0.2) is 24.3 Å². The number of hydrogen-bond donors (Lipinski definition) is 0. The number of fused-ring (bicyclic) bond motifs is 2. The lowest BCUT2D eigenvalue weighted by atomic mass is 10.1. The molecule has 178 valence electrons. The lowest BCUT2D eigenvalue weighted by Gasteiger charge is -2.25. The van der Waals surface area contributed by atoms with Gasteiger partial charge in [0.15, 0.2) is 0 Å². The van der Waals surface area contributed by atoms with E-state index in [0.717, 1.165) is 32.2 Å². The molecule has 2 aliphatic rings. The Labute approximate surface area is 192 Å². The minimum absolute atomic E-state index is 0.00574. The quantitative estimate of drug-likeness (QED) is 0.716. The summed E-state index contributed by atoms with van der Waals surface area (Å²) < 4.78 is 12.6. The van der Waals surface area contributed by atoms with Gasteiger partial charge in [0, 0.05) is 19.7 Å². The number of likely N-dealkylation sites (tertiary alicyclic amines) is 1. The second-order valence-electron chi connectivity index (χ2n) is 9.10. The zero-order valence-electron chi connectivity index (χ0n) is 19.9. The molecule has 32 heavy (non-hydrogen) atoms. The molecule has 7 heteroatoms. The molecule has 1 saturated heterocycles. The van der Waals surface area contributed by atoms with Crippen molar-refractivity contribution in [2.45, 2.75) is 57.7 Å². The van der Waals surface area contributed by atoms with Crippen LogP contribution in [0.2, 0.25) is 0 Å². The van der Waals surface area contributed by atoms with Crippen molar-refractivity contribution in [1.29, 1.82) is 0 Å². The van der Waals surface area contributed by atoms with Crippen LogP contribution in [0.4, 0.5) is 0 Å². The van der Waals surface area contributed by atoms with E-state index in [1.165, 1.54) is 12.8 Å². The topological polar surface area (TPSA) is 62.3 Å². The van der Waals surface area contributed by atoms with Crippen molar-refractivity contribution in [2.24, 2.45) is 0 Å². The van der Waals surface area contributed by atoms with E-state index in [4.69, 9.17) is 9.47 Å². The van der Waals surface area contributed by atoms with Gasteiger partial charge in [-0.05, 0) is 46.0 Å². The minimum Gasteiger partial charge on any atom is -0.485 e. The average Bonchev–Trinajstić information content (AvgIpc) is 3.17. The van der Waals surface area contributed by atoms with E-state index in [1.807, 2.05) is 60.0 Å². The number of nitrogens with zero attached hydrogens (tertiary/aromatic N) is 3. The van der Waals surface area contributed by atoms with Crippen LogP contribution in [0.25, 0.3) is 0 Å². The number of carbonyl (C=O) groups excluding carboxylic acids is 2. The summed E-state index contributed by atoms with van der Waals surface area (Å²) in [4.78, 5) is 31.6. The Morgan fingerprint density at radius 3 is 2.47 bits per heavy atom. The van der Waals surface area contributed by atoms with Gasteiger partial charge in [-0.1, -0.05) is 37.8 Å². The SMILES string of the molecule is CCN1CCCCCCCCO[C@@H]2CN(C(=O)CN(C)C)C[C@H]2Oc2ccccc2C1=O. The standard InChI is InChI=1S/C25H39N3O4/c1-4-27-15-11-7-5-6-8-12-16-31-22-17-28(24(29)19-26(2)3)18-23(22)32-21-14-10-9-13-20(21)25(27)30/h9-10,13-14,22-23H,4-8,11-12,15-19H2,1-3H3/t22-,23-/m1/s1. The first-order valence-electron chi connectivity index (χ1n) is 12.1. The van der Waals surface area contributed by atoms with Gasteiger partial charge in [0.25, 0.3) is 5.91 Å². The lowest BCUT2D eigenvalue weighted by Crippen LogP contribution is -2.37. The summed E-state index contributed by atoms with van der Waals surface area (Å²) in [6.45, 7) is 5.49. The molecule has 0 aromatic heterocycles. The van der Waals surface area contributed by atoms with Crippen molar-refractivity contribution >= 4 is 11.8 Å². The van der Waals surface area contributed by atoms with Gasteiger partial charge < -0.3 is 24.2 Å². The van der Waals surface area contributed by atoms with Crippen molar-refractivity contribution in [3.63, 3.8) is 0 Å². The van der Waals surface area contributed by atoms with Crippen LogP contribution in [0, 0.1) is 0 Å². The molecule has 2 heterocycles. The molecule has 7 nitrogen and oxygen atoms in total. The zero-order valence-corrected chi connectivity index (χ0v) is 19.9. The number of hydrogen-bond acceptors (Lipinski definition) is 5. The van der Waals surface area contributed by atoms with Gasteiger partial charge in [0.05, 0.1) is 25.2 Å². The van der Waals surface area contributed by atoms with Crippen LogP contribution in [0.5, 0.6) is 5.75 Å². The summed E-state index contributed by atoms with van der Waals surface area (Å²) in [6, 6.07) is 7.46. The van der Waals surface area contributed by atoms with Crippen molar-refractivity contribution < 1.29 is 19.1 Å². The maximum atomic E-state index is 13.3. The molecule has 3 rings (SSSR count). The van der Waals surface area contributed by atoms with Crippen LogP contribution in [0.1, 0.15) is 55.8 Å². The van der Waals surface area contributed by atoms with E-state index in [0.29, 0.717) is 44.1 Å². The number of benzene rings is 1. The molecule has 0 aliphatic carbocycles. The minimum atomic E-state index is -0.293. The number of rotatable bonds is 3. The summed E-state index contributed by atoms with van der Waals surface area (Å²) in [7, 11) is 3.79. The van der Waals surface area contributed by atoms with E-state index >= 15 is 0 Å². The Balaban J connectivity index is 1.82. The first kappa shape index (κ1) is 24.5. The smallest absolute Gasteiger partial charge is 0.257 e. The molecule has 1 fully saturated rings. The number of amides is 2. The maximum Gasteiger partial charge on any atom is 0.257 e. The van der Waals surface area contributed by atoms with Crippen molar-refractivity contribution in [1.82, 2.24) is 14.7 Å². The highest BCUT2D eigenvalue weighted by molar-refractivity contribution is 5.97. The molecule has 0 saturated carbocycles. The van der Waals surface area contributed by atoms with Gasteiger partial charge in [-0.25, -0.2) is 0 Å². The van der Waals surface area contributed by atoms with E-state index in [1.54, 1.807) is 0 Å². The van der Waals surface area contributed by atoms with E-state index in [9.17, 15) is 9.59 Å². The fraction of sp³-hybridized carbons (Fsp3) is 0.680. The predicted molar refractivity (Wildman–Crippen MR) is 125 cm³/mol. The molecule has 0 bridgehead atoms. The lowest BCUT2D eigenvalue weighted by molar-refractivity contribution is -0.131. The van der Waals surface area contributed by atoms with Gasteiger partial charge in [-0.15, -0.1) is 0 Å². The number of likely N-dealkylation sites (N-methyl/N-ethyl adjacent to an activating group) is 1. The molecule has 1 aromatic carbocycles. The predicted octanol–water partition coefficient (Wildman–Crippen LogP) is 3.04. The van der Waals surface area contributed by atoms with Gasteiger partial charge in [-0.3, -0.25) is 9.59 Å². The fourth-order valence-corrected chi connectivity index (χ4v) is 4.42. The fourth-order valence-electron chi connectivity index (χ4n) is 4.42. The Hall–Kier alpha value is -2.12. The van der Waals surface area contributed by atoms with Crippen LogP contribution in [-0.2, 0) is 9.53 Å². The van der Waals surface area contributed by atoms with Crippen LogP contribution < -0.4 is 4.74 Å². The van der Waals surface area contributed by atoms with Crippen molar-refractivity contribution in [3.8, 4) is 5.75 Å². The van der Waals surface area contributed by atoms with Crippen molar-refractivity contribution in [2.75, 3.05) is 53.4 Å². The molecule has 2 amide bonds. The van der Waals surface area contributed by atoms with E-state index in [-0.39, 0.29) is 24.0 Å². The van der Waals surface area contributed by atoms with Gasteiger partial charge in [0.2, 0.25) is 5.91 Å². The molecule has 0 radical (unpaired) electrons. The van der Waals surface area contributed by atoms with Gasteiger partial charge in [0.1, 0.15) is 18.0 Å². The third-order valence-corrected chi connectivity index (χ3v) is 6.24. The molecular weight excluding hydrogens is 406 g/mol. The summed E-state index contributed by atoms with van der Waals surface area (Å²) >= 11 is 0. The number of ether oxygens (including phenoxy) is 2. The highest BCUT2D eigenvalue weighted by Crippen LogP contribution is 2.26. The molecule has 0 N–H and O–H groups in total. The molecule has 0 unspecified atom stereocenters. The molecule has 2 aliphatic heterocycles. The van der Waals surface area contributed by atoms with Crippen LogP contribution >= 0.6 is 0 Å². The summed E-state index contributed by atoms with van der Waals surface area (Å²) in [5.74, 6) is 0.650. The van der Waals surface area contributed by atoms with Gasteiger partial charge in [-0.2, -0.15) is 0 Å². The molecule has 0 spiro atoms. The van der Waals surface area contributed by atoms with Crippen LogP contribution in [0.3, 0.4) is 0 Å². The summed E-state index contributed by atoms with van der Waals surface area (Å²) in [5.41, 5.74) is 0.582. The second-order valence-corrected chi connectivity index (χ2v) is 9.10. The van der Waals surface area contributed by atoms with Crippen molar-refractivity contribution in [3.05, 3.63) is 29.8 Å². The molecule has 2 atom stereocenters. The normalized spacial score (nSPS) is 23.6. The Morgan fingerprint density at radius 1 is 1.03 bits per heavy atom. The number of para-hydroxylation sites is 1. The highest BCUT2D eigenvalue weighted by Gasteiger charge is 2.38. The summed E-state index contributed by atoms with van der Waals surface area (Å²) in [5, 5.41) is 0.